The lowest BCUT2D eigenvalue weighted by Crippen LogP contribution is -2.21. The maximum absolute atomic E-state index is 12.6. The Morgan fingerprint density at radius 3 is 2.30 bits per heavy atom. The molecule has 0 spiro atoms. The maximum Gasteiger partial charge on any atom is 0.364 e. The number of hydrogen-bond donors (Lipinski definition) is 1. The topological polar surface area (TPSA) is 85.5 Å². The zero-order valence-corrected chi connectivity index (χ0v) is 21.6. The molecule has 1 aromatic heterocycles. The molecule has 0 fully saturated rings. The Morgan fingerprint density at radius 1 is 1.03 bits per heavy atom. The second-order valence-electron chi connectivity index (χ2n) is 8.42. The van der Waals surface area contributed by atoms with E-state index in [0.717, 1.165) is 27.8 Å². The zero-order chi connectivity index (χ0) is 26.4. The molecule has 4 aromatic rings. The molecule has 1 atom stereocenters. The lowest BCUT2D eigenvalue weighted by Gasteiger charge is -2.09. The Labute approximate surface area is 220 Å². The number of nitrogens with zero attached hydrogens (tertiary/aromatic N) is 3. The van der Waals surface area contributed by atoms with Crippen molar-refractivity contribution in [3.63, 3.8) is 0 Å². The molecule has 1 N–H and O–H groups in total. The Hall–Kier alpha value is -4.17. The normalized spacial score (nSPS) is 11.6. The molecule has 0 aliphatic rings. The van der Waals surface area contributed by atoms with Gasteiger partial charge in [-0.15, -0.1) is 0 Å². The predicted octanol–water partition coefficient (Wildman–Crippen LogP) is 6.31. The van der Waals surface area contributed by atoms with Crippen molar-refractivity contribution < 1.29 is 19.4 Å². The van der Waals surface area contributed by atoms with Gasteiger partial charge in [0.1, 0.15) is 4.91 Å². The number of esters is 1. The van der Waals surface area contributed by atoms with Crippen molar-refractivity contribution in [1.82, 2.24) is 9.78 Å². The van der Waals surface area contributed by atoms with Crippen LogP contribution < -0.4 is 5.43 Å². The van der Waals surface area contributed by atoms with Crippen molar-refractivity contribution >= 4 is 23.4 Å². The van der Waals surface area contributed by atoms with Crippen molar-refractivity contribution in [2.24, 2.45) is 7.05 Å². The third-order valence-corrected chi connectivity index (χ3v) is 6.21. The fourth-order valence-electron chi connectivity index (χ4n) is 3.94. The molecule has 4 rings (SSSR count). The number of carbonyl (C=O) groups is 1. The Bertz CT molecular complexity index is 1380. The summed E-state index contributed by atoms with van der Waals surface area (Å²) in [4.78, 5) is 29.8. The quantitative estimate of drug-likeness (QED) is 0.195. The van der Waals surface area contributed by atoms with Gasteiger partial charge in [-0.3, -0.25) is 4.79 Å². The SMILES string of the molecule is CCOC(=O)Cc1ccc(-c2ccc(-c3cnn(C)c3N[N+](=O)OC(C)c3ccccc3Cl)cc2)cc1. The second-order valence-corrected chi connectivity index (χ2v) is 8.83. The third kappa shape index (κ3) is 6.34. The summed E-state index contributed by atoms with van der Waals surface area (Å²) in [6, 6.07) is 23.0. The number of rotatable bonds is 10. The van der Waals surface area contributed by atoms with Crippen LogP contribution in [0.15, 0.2) is 79.0 Å². The fourth-order valence-corrected chi connectivity index (χ4v) is 4.22. The standard InChI is InChI=1S/C28H28ClN4O4/c1-4-36-27(34)17-20-9-11-21(12-10-20)22-13-15-23(16-14-22)25-18-30-32(3)28(25)31-33(35)37-19(2)24-7-5-6-8-26(24)29/h5-16,18-19H,4,17H2,1-3H3,(H,31,35)/q+1. The number of benzene rings is 3. The van der Waals surface area contributed by atoms with Gasteiger partial charge in [0.05, 0.1) is 19.2 Å². The molecular formula is C28H28ClN4O4+. The van der Waals surface area contributed by atoms with Crippen LogP contribution in [0.25, 0.3) is 22.3 Å². The van der Waals surface area contributed by atoms with Gasteiger partial charge in [-0.2, -0.15) is 9.94 Å². The van der Waals surface area contributed by atoms with E-state index in [0.29, 0.717) is 28.0 Å². The third-order valence-electron chi connectivity index (χ3n) is 5.87. The average molecular weight is 520 g/mol. The van der Waals surface area contributed by atoms with Crippen LogP contribution in [-0.4, -0.2) is 27.4 Å². The van der Waals surface area contributed by atoms with Crippen LogP contribution in [0, 0.1) is 4.91 Å². The van der Waals surface area contributed by atoms with E-state index in [9.17, 15) is 9.70 Å². The molecule has 190 valence electrons. The van der Waals surface area contributed by atoms with Gasteiger partial charge in [0, 0.05) is 23.2 Å². The van der Waals surface area contributed by atoms with E-state index < -0.39 is 6.10 Å². The first-order chi connectivity index (χ1) is 17.9. The molecule has 1 unspecified atom stereocenters. The summed E-state index contributed by atoms with van der Waals surface area (Å²) in [7, 11) is 1.74. The summed E-state index contributed by atoms with van der Waals surface area (Å²) >= 11 is 6.22. The van der Waals surface area contributed by atoms with Gasteiger partial charge in [-0.25, -0.2) is 4.68 Å². The minimum atomic E-state index is -0.557. The Morgan fingerprint density at radius 2 is 1.65 bits per heavy atom. The van der Waals surface area contributed by atoms with Gasteiger partial charge in [-0.05, 0) is 42.2 Å². The second kappa shape index (κ2) is 11.7. The molecule has 0 bridgehead atoms. The number of ether oxygens (including phenoxy) is 1. The first-order valence-electron chi connectivity index (χ1n) is 11.9. The van der Waals surface area contributed by atoms with Crippen LogP contribution in [0.5, 0.6) is 0 Å². The van der Waals surface area contributed by atoms with Crippen LogP contribution in [0.3, 0.4) is 0 Å². The molecule has 0 radical (unpaired) electrons. The number of hydrazine groups is 1. The highest BCUT2D eigenvalue weighted by Gasteiger charge is 2.24. The van der Waals surface area contributed by atoms with E-state index in [2.05, 4.69) is 10.5 Å². The molecule has 37 heavy (non-hydrogen) atoms. The summed E-state index contributed by atoms with van der Waals surface area (Å²) in [5.74, 6) is 0.248. The minimum absolute atomic E-state index is 0.235. The summed E-state index contributed by atoms with van der Waals surface area (Å²) in [6.45, 7) is 3.92. The van der Waals surface area contributed by atoms with E-state index in [1.807, 2.05) is 66.7 Å². The van der Waals surface area contributed by atoms with Crippen LogP contribution in [0.2, 0.25) is 5.02 Å². The summed E-state index contributed by atoms with van der Waals surface area (Å²) < 4.78 is 6.58. The molecule has 0 saturated carbocycles. The van der Waals surface area contributed by atoms with Crippen molar-refractivity contribution in [3.05, 3.63) is 100 Å². The summed E-state index contributed by atoms with van der Waals surface area (Å²) in [5.41, 5.74) is 8.01. The van der Waals surface area contributed by atoms with Crippen LogP contribution in [0.1, 0.15) is 31.1 Å². The minimum Gasteiger partial charge on any atom is -0.466 e. The first kappa shape index (κ1) is 25.9. The lowest BCUT2D eigenvalue weighted by atomic mass is 10.00. The van der Waals surface area contributed by atoms with Crippen molar-refractivity contribution in [1.29, 1.82) is 0 Å². The van der Waals surface area contributed by atoms with E-state index in [1.165, 1.54) is 0 Å². The van der Waals surface area contributed by atoms with Gasteiger partial charge in [-0.1, -0.05) is 83.8 Å². The smallest absolute Gasteiger partial charge is 0.364 e. The number of hydrogen-bond acceptors (Lipinski definition) is 5. The number of aryl methyl sites for hydroxylation is 1. The lowest BCUT2D eigenvalue weighted by molar-refractivity contribution is -0.795. The fraction of sp³-hybridized carbons (Fsp3) is 0.214. The van der Waals surface area contributed by atoms with E-state index >= 15 is 0 Å². The summed E-state index contributed by atoms with van der Waals surface area (Å²) in [6.07, 6.45) is 1.38. The molecule has 0 amide bonds. The van der Waals surface area contributed by atoms with Gasteiger partial charge >= 0.3 is 11.0 Å². The highest BCUT2D eigenvalue weighted by molar-refractivity contribution is 6.31. The number of halogens is 1. The molecule has 0 aliphatic heterocycles. The molecule has 3 aromatic carbocycles. The maximum atomic E-state index is 12.6. The molecule has 8 nitrogen and oxygen atoms in total. The molecule has 0 aliphatic carbocycles. The number of carbonyl (C=O) groups excluding carboxylic acids is 1. The van der Waals surface area contributed by atoms with Gasteiger partial charge in [0.25, 0.3) is 0 Å². The number of anilines is 1. The van der Waals surface area contributed by atoms with Crippen LogP contribution in [-0.2, 0) is 27.8 Å². The highest BCUT2D eigenvalue weighted by Crippen LogP contribution is 2.31. The van der Waals surface area contributed by atoms with Gasteiger partial charge in [0.15, 0.2) is 0 Å². The Balaban J connectivity index is 1.45. The van der Waals surface area contributed by atoms with Crippen LogP contribution >= 0.6 is 11.6 Å². The zero-order valence-electron chi connectivity index (χ0n) is 20.8. The molecule has 9 heteroatoms. The van der Waals surface area contributed by atoms with E-state index in [-0.39, 0.29) is 12.4 Å². The van der Waals surface area contributed by atoms with Crippen LogP contribution in [0.4, 0.5) is 5.82 Å². The first-order valence-corrected chi connectivity index (χ1v) is 12.3. The number of aromatic nitrogens is 2. The predicted molar refractivity (Wildman–Crippen MR) is 143 cm³/mol. The Kier molecular flexibility index (Phi) is 8.20. The molecule has 0 saturated heterocycles. The highest BCUT2D eigenvalue weighted by atomic mass is 35.5. The van der Waals surface area contributed by atoms with Crippen molar-refractivity contribution in [3.8, 4) is 22.3 Å². The molecule has 1 heterocycles. The van der Waals surface area contributed by atoms with Gasteiger partial charge < -0.3 is 4.74 Å². The van der Waals surface area contributed by atoms with Crippen molar-refractivity contribution in [2.75, 3.05) is 12.0 Å². The van der Waals surface area contributed by atoms with E-state index in [4.69, 9.17) is 21.2 Å². The number of nitrogens with one attached hydrogen (secondary N) is 1. The monoisotopic (exact) mass is 519 g/mol. The van der Waals surface area contributed by atoms with E-state index in [1.54, 1.807) is 37.8 Å². The largest absolute Gasteiger partial charge is 0.466 e. The van der Waals surface area contributed by atoms with Crippen molar-refractivity contribution in [2.45, 2.75) is 26.4 Å². The average Bonchev–Trinajstić information content (AvgIpc) is 3.24. The summed E-state index contributed by atoms with van der Waals surface area (Å²) in [5, 5.41) is 5.15. The molecular weight excluding hydrogens is 492 g/mol. The van der Waals surface area contributed by atoms with Gasteiger partial charge in [0.2, 0.25) is 11.9 Å².